The van der Waals surface area contributed by atoms with Crippen molar-refractivity contribution in [3.63, 3.8) is 0 Å². The molecular formula is C18H17ClN4O. The normalized spacial score (nSPS) is 10.4. The number of benzene rings is 2. The SMILES string of the molecule is O=C(NCCc1cnn(-c2ccccc2)c1)Nc1ccc(Cl)cc1. The lowest BCUT2D eigenvalue weighted by molar-refractivity contribution is 0.252. The first-order valence-corrected chi connectivity index (χ1v) is 7.98. The first kappa shape index (κ1) is 16.1. The maximum Gasteiger partial charge on any atom is 0.319 e. The molecule has 0 saturated heterocycles. The second-order valence-electron chi connectivity index (χ2n) is 5.27. The first-order chi connectivity index (χ1) is 11.7. The fraction of sp³-hybridized carbons (Fsp3) is 0.111. The molecule has 2 N–H and O–H groups in total. The van der Waals surface area contributed by atoms with Crippen LogP contribution in [-0.2, 0) is 6.42 Å². The predicted octanol–water partition coefficient (Wildman–Crippen LogP) is 3.89. The zero-order valence-electron chi connectivity index (χ0n) is 12.9. The number of anilines is 1. The molecule has 1 heterocycles. The minimum atomic E-state index is -0.243. The third-order valence-electron chi connectivity index (χ3n) is 3.46. The van der Waals surface area contributed by atoms with Gasteiger partial charge in [0, 0.05) is 23.5 Å². The zero-order chi connectivity index (χ0) is 16.8. The molecule has 0 atom stereocenters. The zero-order valence-corrected chi connectivity index (χ0v) is 13.7. The highest BCUT2D eigenvalue weighted by Crippen LogP contribution is 2.13. The number of urea groups is 1. The molecule has 3 aromatic rings. The molecule has 2 aromatic carbocycles. The molecular weight excluding hydrogens is 324 g/mol. The molecule has 0 aliphatic heterocycles. The van der Waals surface area contributed by atoms with Gasteiger partial charge in [0.1, 0.15) is 0 Å². The topological polar surface area (TPSA) is 59.0 Å². The monoisotopic (exact) mass is 340 g/mol. The summed E-state index contributed by atoms with van der Waals surface area (Å²) in [4.78, 5) is 11.8. The Morgan fingerprint density at radius 2 is 1.83 bits per heavy atom. The van der Waals surface area contributed by atoms with Crippen LogP contribution < -0.4 is 10.6 Å². The van der Waals surface area contributed by atoms with Gasteiger partial charge in [-0.15, -0.1) is 0 Å². The second-order valence-corrected chi connectivity index (χ2v) is 5.70. The average Bonchev–Trinajstić information content (AvgIpc) is 3.07. The van der Waals surface area contributed by atoms with Gasteiger partial charge in [-0.05, 0) is 48.4 Å². The Labute approximate surface area is 145 Å². The quantitative estimate of drug-likeness (QED) is 0.740. The summed E-state index contributed by atoms with van der Waals surface area (Å²) in [5.74, 6) is 0. The lowest BCUT2D eigenvalue weighted by atomic mass is 10.2. The van der Waals surface area contributed by atoms with Crippen molar-refractivity contribution < 1.29 is 4.79 Å². The molecule has 1 aromatic heterocycles. The number of carbonyl (C=O) groups is 1. The Morgan fingerprint density at radius 3 is 2.58 bits per heavy atom. The number of halogens is 1. The number of nitrogens with zero attached hydrogens (tertiary/aromatic N) is 2. The van der Waals surface area contributed by atoms with Crippen molar-refractivity contribution >= 4 is 23.3 Å². The van der Waals surface area contributed by atoms with E-state index in [2.05, 4.69) is 15.7 Å². The highest BCUT2D eigenvalue weighted by Gasteiger charge is 2.03. The lowest BCUT2D eigenvalue weighted by Gasteiger charge is -2.07. The van der Waals surface area contributed by atoms with Gasteiger partial charge in [0.25, 0.3) is 0 Å². The van der Waals surface area contributed by atoms with Crippen molar-refractivity contribution in [1.29, 1.82) is 0 Å². The molecule has 0 aliphatic carbocycles. The van der Waals surface area contributed by atoms with Crippen molar-refractivity contribution in [3.05, 3.63) is 77.6 Å². The van der Waals surface area contributed by atoms with Gasteiger partial charge in [0.05, 0.1) is 11.9 Å². The second kappa shape index (κ2) is 7.66. The Morgan fingerprint density at radius 1 is 1.08 bits per heavy atom. The van der Waals surface area contributed by atoms with Gasteiger partial charge in [0.2, 0.25) is 0 Å². The van der Waals surface area contributed by atoms with Crippen LogP contribution in [0.4, 0.5) is 10.5 Å². The molecule has 0 aliphatic rings. The molecule has 3 rings (SSSR count). The van der Waals surface area contributed by atoms with Crippen LogP contribution in [0.25, 0.3) is 5.69 Å². The molecule has 0 unspecified atom stereocenters. The van der Waals surface area contributed by atoms with Crippen molar-refractivity contribution in [3.8, 4) is 5.69 Å². The summed E-state index contributed by atoms with van der Waals surface area (Å²) >= 11 is 5.81. The van der Waals surface area contributed by atoms with Gasteiger partial charge in [-0.3, -0.25) is 0 Å². The third-order valence-corrected chi connectivity index (χ3v) is 3.71. The minimum absolute atomic E-state index is 0.243. The molecule has 0 fully saturated rings. The van der Waals surface area contributed by atoms with E-state index in [1.54, 1.807) is 24.3 Å². The van der Waals surface area contributed by atoms with E-state index in [-0.39, 0.29) is 6.03 Å². The summed E-state index contributed by atoms with van der Waals surface area (Å²) < 4.78 is 1.82. The first-order valence-electron chi connectivity index (χ1n) is 7.60. The number of para-hydroxylation sites is 1. The molecule has 6 heteroatoms. The number of hydrogen-bond acceptors (Lipinski definition) is 2. The smallest absolute Gasteiger partial charge is 0.319 e. The van der Waals surface area contributed by atoms with Crippen LogP contribution in [0.1, 0.15) is 5.56 Å². The van der Waals surface area contributed by atoms with Crippen molar-refractivity contribution in [2.75, 3.05) is 11.9 Å². The van der Waals surface area contributed by atoms with Crippen LogP contribution in [0.5, 0.6) is 0 Å². The van der Waals surface area contributed by atoms with E-state index in [0.29, 0.717) is 23.7 Å². The summed E-state index contributed by atoms with van der Waals surface area (Å²) in [5, 5.41) is 10.6. The van der Waals surface area contributed by atoms with Crippen LogP contribution >= 0.6 is 11.6 Å². The van der Waals surface area contributed by atoms with E-state index in [4.69, 9.17) is 11.6 Å². The highest BCUT2D eigenvalue weighted by atomic mass is 35.5. The van der Waals surface area contributed by atoms with E-state index in [9.17, 15) is 4.79 Å². The number of carbonyl (C=O) groups excluding carboxylic acids is 1. The van der Waals surface area contributed by atoms with E-state index in [1.165, 1.54) is 0 Å². The van der Waals surface area contributed by atoms with E-state index < -0.39 is 0 Å². The molecule has 122 valence electrons. The summed E-state index contributed by atoms with van der Waals surface area (Å²) in [5.41, 5.74) is 2.77. The number of rotatable bonds is 5. The van der Waals surface area contributed by atoms with Gasteiger partial charge in [-0.2, -0.15) is 5.10 Å². The van der Waals surface area contributed by atoms with Crippen molar-refractivity contribution in [2.24, 2.45) is 0 Å². The van der Waals surface area contributed by atoms with Gasteiger partial charge < -0.3 is 10.6 Å². The number of aromatic nitrogens is 2. The van der Waals surface area contributed by atoms with E-state index >= 15 is 0 Å². The van der Waals surface area contributed by atoms with Gasteiger partial charge in [-0.25, -0.2) is 9.48 Å². The van der Waals surface area contributed by atoms with Crippen molar-refractivity contribution in [1.82, 2.24) is 15.1 Å². The Balaban J connectivity index is 1.47. The average molecular weight is 341 g/mol. The molecule has 24 heavy (non-hydrogen) atoms. The summed E-state index contributed by atoms with van der Waals surface area (Å²) in [7, 11) is 0. The summed E-state index contributed by atoms with van der Waals surface area (Å²) in [6.45, 7) is 0.528. The largest absolute Gasteiger partial charge is 0.338 e. The predicted molar refractivity (Wildman–Crippen MR) is 95.7 cm³/mol. The molecule has 0 spiro atoms. The Bertz CT molecular complexity index is 799. The number of amides is 2. The lowest BCUT2D eigenvalue weighted by Crippen LogP contribution is -2.30. The number of hydrogen-bond donors (Lipinski definition) is 2. The van der Waals surface area contributed by atoms with Crippen LogP contribution in [0.2, 0.25) is 5.02 Å². The van der Waals surface area contributed by atoms with Crippen LogP contribution in [0.3, 0.4) is 0 Å². The highest BCUT2D eigenvalue weighted by molar-refractivity contribution is 6.30. The van der Waals surface area contributed by atoms with Gasteiger partial charge in [0.15, 0.2) is 0 Å². The van der Waals surface area contributed by atoms with Crippen LogP contribution in [-0.4, -0.2) is 22.4 Å². The molecule has 0 radical (unpaired) electrons. The molecule has 0 bridgehead atoms. The van der Waals surface area contributed by atoms with E-state index in [0.717, 1.165) is 11.3 Å². The van der Waals surface area contributed by atoms with Crippen LogP contribution in [0.15, 0.2) is 67.0 Å². The maximum atomic E-state index is 11.8. The van der Waals surface area contributed by atoms with Crippen LogP contribution in [0, 0.1) is 0 Å². The van der Waals surface area contributed by atoms with Crippen molar-refractivity contribution in [2.45, 2.75) is 6.42 Å². The number of nitrogens with one attached hydrogen (secondary N) is 2. The Kier molecular flexibility index (Phi) is 5.13. The maximum absolute atomic E-state index is 11.8. The molecule has 2 amide bonds. The standard InChI is InChI=1S/C18H17ClN4O/c19-15-6-8-16(9-7-15)22-18(24)20-11-10-14-12-21-23(13-14)17-4-2-1-3-5-17/h1-9,12-13H,10-11H2,(H2,20,22,24). The summed E-state index contributed by atoms with van der Waals surface area (Å²) in [6, 6.07) is 16.6. The third kappa shape index (κ3) is 4.36. The van der Waals surface area contributed by atoms with Gasteiger partial charge >= 0.3 is 6.03 Å². The Hall–Kier alpha value is -2.79. The summed E-state index contributed by atoms with van der Waals surface area (Å²) in [6.07, 6.45) is 4.49. The van der Waals surface area contributed by atoms with Gasteiger partial charge in [-0.1, -0.05) is 29.8 Å². The fourth-order valence-corrected chi connectivity index (χ4v) is 2.37. The minimum Gasteiger partial charge on any atom is -0.338 e. The molecule has 0 saturated carbocycles. The van der Waals surface area contributed by atoms with E-state index in [1.807, 2.05) is 47.4 Å². The molecule has 5 nitrogen and oxygen atoms in total. The fourth-order valence-electron chi connectivity index (χ4n) is 2.24.